The number of fused-ring (bicyclic) bond motifs is 10. The van der Waals surface area contributed by atoms with Crippen molar-refractivity contribution in [1.29, 1.82) is 0 Å². The van der Waals surface area contributed by atoms with Crippen LogP contribution in [0.15, 0.2) is 0 Å². The standard InChI is InChI=1S/C27H47P2.C5H5.Fe/c1-21(29(26(2,3)4)27(5,6)7)24-19-14-20-25(24)28(22-15-10-8-11-16-22)23-17-12-9-13-18-23;1-2-4-5-3-1;/h14,19-23H,8-13,15-18H2,1-7H3;1-5H;/t21-;;/m1../s1. The summed E-state index contributed by atoms with van der Waals surface area (Å²) in [6, 6.07) is 0. The van der Waals surface area contributed by atoms with E-state index in [1.54, 1.807) is 64.2 Å². The molecule has 10 heterocycles. The molecule has 0 aromatic rings. The van der Waals surface area contributed by atoms with Crippen molar-refractivity contribution < 1.29 is 6.51 Å². The molecule has 1 spiro atoms. The Hall–Kier alpha value is 1.38. The first-order valence-electron chi connectivity index (χ1n) is 16.1. The number of rotatable bonds is 5. The third-order valence-electron chi connectivity index (χ3n) is 21.6. The molecule has 0 N–H and O–H groups in total. The van der Waals surface area contributed by atoms with Gasteiger partial charge in [-0.25, -0.2) is 0 Å². The van der Waals surface area contributed by atoms with E-state index >= 15 is 0 Å². The molecule has 2 aliphatic carbocycles. The summed E-state index contributed by atoms with van der Waals surface area (Å²) in [4.78, 5) is 12.0. The van der Waals surface area contributed by atoms with Gasteiger partial charge >= 0.3 is 209 Å². The summed E-state index contributed by atoms with van der Waals surface area (Å²) in [5, 5.41) is 1.04. The maximum atomic E-state index is 2.99. The van der Waals surface area contributed by atoms with Crippen LogP contribution in [-0.4, -0.2) is 31.3 Å². The van der Waals surface area contributed by atoms with E-state index in [1.165, 1.54) is 49.8 Å². The van der Waals surface area contributed by atoms with E-state index in [9.17, 15) is 0 Å². The molecular formula is C32H52FeP2. The van der Waals surface area contributed by atoms with Crippen LogP contribution in [0.3, 0.4) is 0 Å². The Balaban J connectivity index is 1.13. The molecule has 12 aliphatic rings. The summed E-state index contributed by atoms with van der Waals surface area (Å²) in [6.07, 6.45) is 16.3. The normalized spacial score (nSPS) is 74.9. The third-order valence-corrected chi connectivity index (χ3v) is 77.3. The predicted octanol–water partition coefficient (Wildman–Crippen LogP) is 11.3. The van der Waals surface area contributed by atoms with Crippen LogP contribution < -0.4 is 0 Å². The van der Waals surface area contributed by atoms with Gasteiger partial charge in [0, 0.05) is 0 Å². The van der Waals surface area contributed by atoms with Crippen molar-refractivity contribution in [3.8, 4) is 0 Å². The van der Waals surface area contributed by atoms with Crippen LogP contribution >= 0.6 is 15.8 Å². The van der Waals surface area contributed by atoms with Crippen molar-refractivity contribution in [2.75, 3.05) is 0 Å². The summed E-state index contributed by atoms with van der Waals surface area (Å²) in [6.45, 7) is 15.6. The van der Waals surface area contributed by atoms with E-state index < -0.39 is 6.51 Å². The van der Waals surface area contributed by atoms with Gasteiger partial charge in [-0.05, 0) is 0 Å². The first-order chi connectivity index (χ1) is 16.3. The topological polar surface area (TPSA) is 0 Å². The molecule has 0 bridgehead atoms. The molecule has 0 amide bonds. The molecule has 0 aromatic heterocycles. The summed E-state index contributed by atoms with van der Waals surface area (Å²) >= 11 is 0. The fourth-order valence-electron chi connectivity index (χ4n) is 24.5. The Bertz CT molecular complexity index is 1410. The van der Waals surface area contributed by atoms with E-state index in [4.69, 9.17) is 0 Å². The van der Waals surface area contributed by atoms with E-state index in [-0.39, 0.29) is 7.92 Å². The fourth-order valence-corrected chi connectivity index (χ4v) is 127. The number of hydrogen-bond acceptors (Lipinski definition) is 0. The average Bonchev–Trinajstić information content (AvgIpc) is 3.73. The molecule has 2 saturated carbocycles. The van der Waals surface area contributed by atoms with Crippen LogP contribution in [0.2, 0.25) is 42.8 Å². The van der Waals surface area contributed by atoms with Crippen molar-refractivity contribution in [2.45, 2.75) is 187 Å². The molecule has 0 aromatic carbocycles. The zero-order chi connectivity index (χ0) is 23.9. The van der Waals surface area contributed by atoms with Gasteiger partial charge in [0.15, 0.2) is 0 Å². The van der Waals surface area contributed by atoms with Gasteiger partial charge in [-0.3, -0.25) is 0 Å². The van der Waals surface area contributed by atoms with Crippen molar-refractivity contribution in [2.24, 2.45) is 0 Å². The molecule has 0 nitrogen and oxygen atoms in total. The molecular weight excluding hydrogens is 502 g/mol. The van der Waals surface area contributed by atoms with Gasteiger partial charge in [0.25, 0.3) is 0 Å². The van der Waals surface area contributed by atoms with Gasteiger partial charge in [-0.1, -0.05) is 0 Å². The SMILES string of the molecule is C[C@@H](P(C(C)(C)C)C(C)(C)C)[C]12[CH]3[CH]4[CH]5[C@@]1(P(C1CCCCC1)C1CCCCC1)[Fe]43521678[CH]2[CH]1[CH]6[CH]7[CH]28. The Labute approximate surface area is 208 Å². The molecule has 10 saturated heterocycles. The van der Waals surface area contributed by atoms with E-state index in [2.05, 4.69) is 48.5 Å². The van der Waals surface area contributed by atoms with Gasteiger partial charge in [0.05, 0.1) is 0 Å². The Kier molecular flexibility index (Phi) is 1.70. The molecule has 10 aliphatic heterocycles. The van der Waals surface area contributed by atoms with Gasteiger partial charge < -0.3 is 0 Å². The zero-order valence-electron chi connectivity index (χ0n) is 23.7. The molecule has 12 rings (SSSR count). The van der Waals surface area contributed by atoms with E-state index in [0.29, 0.717) is 18.2 Å². The Morgan fingerprint density at radius 1 is 0.629 bits per heavy atom. The first kappa shape index (κ1) is 20.3. The van der Waals surface area contributed by atoms with Gasteiger partial charge in [0.1, 0.15) is 0 Å². The van der Waals surface area contributed by atoms with Crippen molar-refractivity contribution in [3.63, 3.8) is 0 Å². The summed E-state index contributed by atoms with van der Waals surface area (Å²) in [7, 11) is 0.362. The van der Waals surface area contributed by atoms with Crippen molar-refractivity contribution >= 4 is 15.8 Å². The summed E-state index contributed by atoms with van der Waals surface area (Å²) in [5.74, 6) is 0. The Morgan fingerprint density at radius 2 is 1.06 bits per heavy atom. The van der Waals surface area contributed by atoms with E-state index in [0.717, 1.165) is 14.0 Å². The summed E-state index contributed by atoms with van der Waals surface area (Å²) < 4.78 is 2.21. The monoisotopic (exact) mass is 554 g/mol. The molecule has 198 valence electrons. The molecule has 12 fully saturated rings. The molecule has 6 atom stereocenters. The van der Waals surface area contributed by atoms with Gasteiger partial charge in [-0.15, -0.1) is 0 Å². The predicted molar refractivity (Wildman–Crippen MR) is 152 cm³/mol. The van der Waals surface area contributed by atoms with Crippen molar-refractivity contribution in [1.82, 2.24) is 0 Å². The molecule has 3 heteroatoms. The van der Waals surface area contributed by atoms with Crippen LogP contribution in [-0.2, 0) is 6.51 Å². The van der Waals surface area contributed by atoms with Crippen LogP contribution in [0.25, 0.3) is 0 Å². The zero-order valence-corrected chi connectivity index (χ0v) is 26.6. The second kappa shape index (κ2) is 2.93. The quantitative estimate of drug-likeness (QED) is 0.234. The number of hydrogen-bond donors (Lipinski definition) is 0. The van der Waals surface area contributed by atoms with E-state index in [1.807, 2.05) is 0 Å². The van der Waals surface area contributed by atoms with Crippen molar-refractivity contribution in [3.05, 3.63) is 0 Å². The maximum absolute atomic E-state index is 3.46. The van der Waals surface area contributed by atoms with Crippen LogP contribution in [0.5, 0.6) is 0 Å². The fraction of sp³-hybridized carbons (Fsp3) is 1.00. The van der Waals surface area contributed by atoms with Gasteiger partial charge in [-0.2, -0.15) is 0 Å². The second-order valence-corrected chi connectivity index (χ2v) is 51.0. The third kappa shape index (κ3) is 0.501. The molecule has 35 heavy (non-hydrogen) atoms. The van der Waals surface area contributed by atoms with Crippen LogP contribution in [0.4, 0.5) is 0 Å². The molecule has 4 unspecified atom stereocenters. The summed E-state index contributed by atoms with van der Waals surface area (Å²) in [5.41, 5.74) is 3.60. The molecule has 0 radical (unpaired) electrons. The first-order valence-corrected chi connectivity index (χ1v) is 25.2. The van der Waals surface area contributed by atoms with Crippen LogP contribution in [0.1, 0.15) is 113 Å². The average molecular weight is 555 g/mol. The Morgan fingerprint density at radius 3 is 1.40 bits per heavy atom. The van der Waals surface area contributed by atoms with Crippen LogP contribution in [0, 0.1) is 0 Å². The minimum absolute atomic E-state index is 0.0439. The minimum atomic E-state index is -3.46. The second-order valence-electron chi connectivity index (χ2n) is 20.1. The van der Waals surface area contributed by atoms with Gasteiger partial charge in [0.2, 0.25) is 0 Å².